The summed E-state index contributed by atoms with van der Waals surface area (Å²) in [7, 11) is 0. The molecule has 0 radical (unpaired) electrons. The maximum Gasteiger partial charge on any atom is 0.294 e. The molecule has 0 saturated heterocycles. The number of oxazole rings is 1. The van der Waals surface area contributed by atoms with E-state index in [4.69, 9.17) is 21.8 Å². The van der Waals surface area contributed by atoms with E-state index in [0.29, 0.717) is 27.5 Å². The van der Waals surface area contributed by atoms with Crippen molar-refractivity contribution in [2.24, 2.45) is 0 Å². The van der Waals surface area contributed by atoms with Crippen LogP contribution in [0.3, 0.4) is 0 Å². The van der Waals surface area contributed by atoms with Gasteiger partial charge in [0.25, 0.3) is 6.01 Å². The zero-order valence-corrected chi connectivity index (χ0v) is 10.8. The lowest BCUT2D eigenvalue weighted by atomic mass is 10.0. The first-order valence-corrected chi connectivity index (χ1v) is 5.95. The standard InChI is InChI=1S/C13H10ClN3O2/c1-6-4-7(14)5-9(18)11(6)8-2-3-10-12(16-8)17-13(15)19-10/h2-5,18H,1H3,(H2,15,16,17). The Morgan fingerprint density at radius 3 is 2.79 bits per heavy atom. The van der Waals surface area contributed by atoms with Gasteiger partial charge in [-0.2, -0.15) is 4.98 Å². The van der Waals surface area contributed by atoms with Crippen molar-refractivity contribution >= 4 is 28.8 Å². The van der Waals surface area contributed by atoms with Gasteiger partial charge in [0.15, 0.2) is 5.58 Å². The topological polar surface area (TPSA) is 85.2 Å². The molecule has 0 atom stereocenters. The molecule has 0 aliphatic heterocycles. The molecular formula is C13H10ClN3O2. The third kappa shape index (κ3) is 1.98. The highest BCUT2D eigenvalue weighted by atomic mass is 35.5. The fourth-order valence-corrected chi connectivity index (χ4v) is 2.30. The van der Waals surface area contributed by atoms with Gasteiger partial charge in [-0.15, -0.1) is 0 Å². The van der Waals surface area contributed by atoms with Gasteiger partial charge in [0, 0.05) is 10.6 Å². The van der Waals surface area contributed by atoms with Crippen molar-refractivity contribution in [1.82, 2.24) is 9.97 Å². The lowest BCUT2D eigenvalue weighted by Gasteiger charge is -2.08. The number of halogens is 1. The van der Waals surface area contributed by atoms with Gasteiger partial charge in [-0.25, -0.2) is 4.98 Å². The van der Waals surface area contributed by atoms with Crippen molar-refractivity contribution in [1.29, 1.82) is 0 Å². The predicted molar refractivity (Wildman–Crippen MR) is 73.1 cm³/mol. The molecule has 2 aromatic heterocycles. The molecule has 96 valence electrons. The summed E-state index contributed by atoms with van der Waals surface area (Å²) < 4.78 is 5.16. The maximum atomic E-state index is 10.0. The molecule has 0 unspecified atom stereocenters. The first-order chi connectivity index (χ1) is 9.04. The summed E-state index contributed by atoms with van der Waals surface area (Å²) in [5.41, 5.74) is 8.42. The Labute approximate surface area is 113 Å². The number of pyridine rings is 1. The minimum atomic E-state index is 0.0664. The molecule has 3 N–H and O–H groups in total. The average molecular weight is 276 g/mol. The van der Waals surface area contributed by atoms with Crippen molar-refractivity contribution in [3.63, 3.8) is 0 Å². The molecule has 6 heteroatoms. The molecule has 0 aliphatic carbocycles. The number of aromatic nitrogens is 2. The van der Waals surface area contributed by atoms with E-state index < -0.39 is 0 Å². The molecule has 2 heterocycles. The summed E-state index contributed by atoms with van der Waals surface area (Å²) in [6, 6.07) is 6.76. The third-order valence-corrected chi connectivity index (χ3v) is 3.02. The molecule has 3 rings (SSSR count). The lowest BCUT2D eigenvalue weighted by molar-refractivity contribution is 0.477. The number of phenols is 1. The van der Waals surface area contributed by atoms with Crippen molar-refractivity contribution < 1.29 is 9.52 Å². The Balaban J connectivity index is 2.24. The number of anilines is 1. The minimum absolute atomic E-state index is 0.0664. The zero-order valence-electron chi connectivity index (χ0n) is 10.0. The van der Waals surface area contributed by atoms with Gasteiger partial charge in [-0.05, 0) is 36.8 Å². The van der Waals surface area contributed by atoms with Gasteiger partial charge in [0.1, 0.15) is 5.75 Å². The zero-order chi connectivity index (χ0) is 13.6. The van der Waals surface area contributed by atoms with E-state index in [0.717, 1.165) is 5.56 Å². The van der Waals surface area contributed by atoms with Crippen molar-refractivity contribution in [3.8, 4) is 17.0 Å². The van der Waals surface area contributed by atoms with E-state index in [1.807, 2.05) is 6.92 Å². The van der Waals surface area contributed by atoms with Crippen LogP contribution < -0.4 is 5.73 Å². The average Bonchev–Trinajstić information content (AvgIpc) is 2.67. The second-order valence-corrected chi connectivity index (χ2v) is 4.62. The molecule has 0 spiro atoms. The number of aryl methyl sites for hydroxylation is 1. The van der Waals surface area contributed by atoms with E-state index in [9.17, 15) is 5.11 Å². The molecule has 5 nitrogen and oxygen atoms in total. The smallest absolute Gasteiger partial charge is 0.294 e. The Morgan fingerprint density at radius 2 is 2.05 bits per heavy atom. The van der Waals surface area contributed by atoms with E-state index in [1.165, 1.54) is 6.07 Å². The fraction of sp³-hybridized carbons (Fsp3) is 0.0769. The van der Waals surface area contributed by atoms with Gasteiger partial charge in [0.05, 0.1) is 5.69 Å². The quantitative estimate of drug-likeness (QED) is 0.712. The molecule has 1 aromatic carbocycles. The van der Waals surface area contributed by atoms with Gasteiger partial charge in [-0.1, -0.05) is 11.6 Å². The van der Waals surface area contributed by atoms with Crippen LogP contribution >= 0.6 is 11.6 Å². The van der Waals surface area contributed by atoms with Crippen LogP contribution in [-0.2, 0) is 0 Å². The molecular weight excluding hydrogens is 266 g/mol. The summed E-state index contributed by atoms with van der Waals surface area (Å²) in [5.74, 6) is 0.0771. The normalized spacial score (nSPS) is 11.1. The van der Waals surface area contributed by atoms with Gasteiger partial charge in [-0.3, -0.25) is 0 Å². The Hall–Kier alpha value is -2.27. The lowest BCUT2D eigenvalue weighted by Crippen LogP contribution is -1.89. The first kappa shape index (κ1) is 11.8. The second-order valence-electron chi connectivity index (χ2n) is 4.19. The highest BCUT2D eigenvalue weighted by molar-refractivity contribution is 6.31. The van der Waals surface area contributed by atoms with Crippen LogP contribution in [0.4, 0.5) is 6.01 Å². The predicted octanol–water partition coefficient (Wildman–Crippen LogP) is 3.14. The first-order valence-electron chi connectivity index (χ1n) is 5.57. The highest BCUT2D eigenvalue weighted by Crippen LogP contribution is 2.34. The monoisotopic (exact) mass is 275 g/mol. The number of rotatable bonds is 1. The number of hydrogen-bond acceptors (Lipinski definition) is 5. The summed E-state index contributed by atoms with van der Waals surface area (Å²) in [4.78, 5) is 8.30. The Bertz CT molecular complexity index is 760. The van der Waals surface area contributed by atoms with Crippen LogP contribution in [0.2, 0.25) is 5.02 Å². The molecule has 19 heavy (non-hydrogen) atoms. The van der Waals surface area contributed by atoms with Crippen LogP contribution in [-0.4, -0.2) is 15.1 Å². The fourth-order valence-electron chi connectivity index (χ4n) is 2.03. The van der Waals surface area contributed by atoms with E-state index in [2.05, 4.69) is 9.97 Å². The number of benzene rings is 1. The number of nitrogen functional groups attached to an aromatic ring is 1. The number of hydrogen-bond donors (Lipinski definition) is 2. The summed E-state index contributed by atoms with van der Waals surface area (Å²) >= 11 is 5.88. The highest BCUT2D eigenvalue weighted by Gasteiger charge is 2.13. The summed E-state index contributed by atoms with van der Waals surface area (Å²) in [5, 5.41) is 10.5. The number of fused-ring (bicyclic) bond motifs is 1. The van der Waals surface area contributed by atoms with E-state index in [-0.39, 0.29) is 11.8 Å². The van der Waals surface area contributed by atoms with Gasteiger partial charge in [0.2, 0.25) is 5.65 Å². The third-order valence-electron chi connectivity index (χ3n) is 2.81. The van der Waals surface area contributed by atoms with Crippen molar-refractivity contribution in [3.05, 3.63) is 34.9 Å². The molecule has 0 aliphatic rings. The largest absolute Gasteiger partial charge is 0.507 e. The number of nitrogens with zero attached hydrogens (tertiary/aromatic N) is 2. The number of nitrogens with two attached hydrogens (primary N) is 1. The van der Waals surface area contributed by atoms with Crippen molar-refractivity contribution in [2.75, 3.05) is 5.73 Å². The SMILES string of the molecule is Cc1cc(Cl)cc(O)c1-c1ccc2oc(N)nc2n1. The van der Waals surface area contributed by atoms with Crippen LogP contribution in [0.15, 0.2) is 28.7 Å². The Morgan fingerprint density at radius 1 is 1.26 bits per heavy atom. The molecule has 0 bridgehead atoms. The Kier molecular flexibility index (Phi) is 2.57. The summed E-state index contributed by atoms with van der Waals surface area (Å²) in [6.45, 7) is 1.85. The molecule has 0 saturated carbocycles. The number of phenolic OH excluding ortho intramolecular Hbond substituents is 1. The van der Waals surface area contributed by atoms with Crippen LogP contribution in [0, 0.1) is 6.92 Å². The van der Waals surface area contributed by atoms with E-state index in [1.54, 1.807) is 18.2 Å². The van der Waals surface area contributed by atoms with Crippen molar-refractivity contribution in [2.45, 2.75) is 6.92 Å². The second kappa shape index (κ2) is 4.13. The molecule has 0 amide bonds. The molecule has 3 aromatic rings. The minimum Gasteiger partial charge on any atom is -0.507 e. The number of aromatic hydroxyl groups is 1. The van der Waals surface area contributed by atoms with Gasteiger partial charge < -0.3 is 15.3 Å². The van der Waals surface area contributed by atoms with Crippen LogP contribution in [0.5, 0.6) is 5.75 Å². The van der Waals surface area contributed by atoms with Gasteiger partial charge >= 0.3 is 0 Å². The maximum absolute atomic E-state index is 10.0. The summed E-state index contributed by atoms with van der Waals surface area (Å²) in [6.07, 6.45) is 0. The van der Waals surface area contributed by atoms with Crippen LogP contribution in [0.25, 0.3) is 22.5 Å². The van der Waals surface area contributed by atoms with E-state index >= 15 is 0 Å². The van der Waals surface area contributed by atoms with Crippen LogP contribution in [0.1, 0.15) is 5.56 Å². The molecule has 0 fully saturated rings.